The zero-order valence-corrected chi connectivity index (χ0v) is 19.8. The third-order valence-corrected chi connectivity index (χ3v) is 5.17. The number of halogens is 1. The third-order valence-electron chi connectivity index (χ3n) is 4.36. The van der Waals surface area contributed by atoms with E-state index in [4.69, 9.17) is 9.47 Å². The maximum atomic E-state index is 12.5. The van der Waals surface area contributed by atoms with Gasteiger partial charge in [-0.2, -0.15) is 5.26 Å². The standard InChI is InChI=1S/C25H20IN3O4/c1-32-22-14-17(12-18(15-27)25(31)29-20-10-6-3-7-11-20)13-21(26)24(22)33-16-23(30)28-19-8-4-2-5-9-19/h2-14H,16H2,1H3,(H,28,30)(H,29,31)/b18-12+. The SMILES string of the molecule is COc1cc(/C=C(\C#N)C(=O)Nc2ccccc2)cc(I)c1OCC(=O)Nc1ccccc1. The molecule has 0 radical (unpaired) electrons. The van der Waals surface area contributed by atoms with Gasteiger partial charge in [-0.15, -0.1) is 0 Å². The molecular formula is C25H20IN3O4. The fourth-order valence-electron chi connectivity index (χ4n) is 2.85. The molecule has 3 aromatic rings. The van der Waals surface area contributed by atoms with Gasteiger partial charge in [0.15, 0.2) is 18.1 Å². The van der Waals surface area contributed by atoms with Gasteiger partial charge in [0.05, 0.1) is 10.7 Å². The second kappa shape index (κ2) is 11.7. The van der Waals surface area contributed by atoms with Crippen LogP contribution in [0.15, 0.2) is 78.4 Å². The molecule has 2 amide bonds. The minimum atomic E-state index is -0.518. The van der Waals surface area contributed by atoms with Gasteiger partial charge >= 0.3 is 0 Å². The molecule has 0 saturated carbocycles. The summed E-state index contributed by atoms with van der Waals surface area (Å²) in [5.74, 6) is -0.0601. The largest absolute Gasteiger partial charge is 0.493 e. The molecule has 3 rings (SSSR count). The predicted molar refractivity (Wildman–Crippen MR) is 135 cm³/mol. The van der Waals surface area contributed by atoms with E-state index in [9.17, 15) is 14.9 Å². The van der Waals surface area contributed by atoms with Crippen LogP contribution in [0.25, 0.3) is 6.08 Å². The highest BCUT2D eigenvalue weighted by Gasteiger charge is 2.15. The number of hydrogen-bond acceptors (Lipinski definition) is 5. The van der Waals surface area contributed by atoms with E-state index in [0.717, 1.165) is 0 Å². The molecule has 0 spiro atoms. The highest BCUT2D eigenvalue weighted by molar-refractivity contribution is 14.1. The van der Waals surface area contributed by atoms with Gasteiger partial charge in [0.1, 0.15) is 11.6 Å². The van der Waals surface area contributed by atoms with Gasteiger partial charge in [0.2, 0.25) is 0 Å². The minimum absolute atomic E-state index is 0.0624. The molecule has 0 aliphatic carbocycles. The molecule has 166 valence electrons. The first-order valence-corrected chi connectivity index (χ1v) is 10.9. The van der Waals surface area contributed by atoms with E-state index in [0.29, 0.717) is 32.0 Å². The zero-order valence-electron chi connectivity index (χ0n) is 17.7. The smallest absolute Gasteiger partial charge is 0.266 e. The van der Waals surface area contributed by atoms with E-state index < -0.39 is 5.91 Å². The lowest BCUT2D eigenvalue weighted by atomic mass is 10.1. The van der Waals surface area contributed by atoms with Crippen molar-refractivity contribution >= 4 is 51.9 Å². The van der Waals surface area contributed by atoms with Crippen molar-refractivity contribution in [3.63, 3.8) is 0 Å². The Morgan fingerprint density at radius 1 is 1.00 bits per heavy atom. The third kappa shape index (κ3) is 6.82. The molecule has 0 fully saturated rings. The van der Waals surface area contributed by atoms with Crippen molar-refractivity contribution in [2.24, 2.45) is 0 Å². The van der Waals surface area contributed by atoms with Crippen LogP contribution in [-0.2, 0) is 9.59 Å². The molecule has 2 N–H and O–H groups in total. The van der Waals surface area contributed by atoms with E-state index in [1.807, 2.05) is 30.3 Å². The first-order chi connectivity index (χ1) is 16.0. The number of nitrogens with zero attached hydrogens (tertiary/aromatic N) is 1. The van der Waals surface area contributed by atoms with Crippen LogP contribution in [0.2, 0.25) is 0 Å². The lowest BCUT2D eigenvalue weighted by Crippen LogP contribution is -2.20. The normalized spacial score (nSPS) is 10.6. The molecular weight excluding hydrogens is 533 g/mol. The van der Waals surface area contributed by atoms with Gasteiger partial charge in [-0.25, -0.2) is 0 Å². The predicted octanol–water partition coefficient (Wildman–Crippen LogP) is 4.86. The Kier molecular flexibility index (Phi) is 8.43. The summed E-state index contributed by atoms with van der Waals surface area (Å²) < 4.78 is 11.8. The Labute approximate surface area is 205 Å². The summed E-state index contributed by atoms with van der Waals surface area (Å²) in [4.78, 5) is 24.7. The molecule has 7 nitrogen and oxygen atoms in total. The van der Waals surface area contributed by atoms with Crippen molar-refractivity contribution in [1.29, 1.82) is 5.26 Å². The van der Waals surface area contributed by atoms with Crippen LogP contribution >= 0.6 is 22.6 Å². The number of hydrogen-bond donors (Lipinski definition) is 2. The number of para-hydroxylation sites is 2. The summed E-state index contributed by atoms with van der Waals surface area (Å²) in [6.45, 7) is -0.209. The van der Waals surface area contributed by atoms with Crippen LogP contribution < -0.4 is 20.1 Å². The van der Waals surface area contributed by atoms with E-state index >= 15 is 0 Å². The first-order valence-electron chi connectivity index (χ1n) is 9.83. The van der Waals surface area contributed by atoms with Crippen LogP contribution in [0.3, 0.4) is 0 Å². The van der Waals surface area contributed by atoms with Crippen LogP contribution in [0.5, 0.6) is 11.5 Å². The number of benzene rings is 3. The topological polar surface area (TPSA) is 100 Å². The van der Waals surface area contributed by atoms with Crippen molar-refractivity contribution < 1.29 is 19.1 Å². The van der Waals surface area contributed by atoms with Crippen LogP contribution in [0.1, 0.15) is 5.56 Å². The van der Waals surface area contributed by atoms with Crippen LogP contribution in [0.4, 0.5) is 11.4 Å². The number of nitriles is 1. The Hall–Kier alpha value is -3.84. The van der Waals surface area contributed by atoms with Crippen molar-refractivity contribution in [3.8, 4) is 17.6 Å². The van der Waals surface area contributed by atoms with Gasteiger partial charge < -0.3 is 20.1 Å². The average Bonchev–Trinajstić information content (AvgIpc) is 2.82. The number of amides is 2. The second-order valence-electron chi connectivity index (χ2n) is 6.73. The molecule has 0 aromatic heterocycles. The van der Waals surface area contributed by atoms with E-state index in [1.165, 1.54) is 13.2 Å². The Morgan fingerprint density at radius 2 is 1.61 bits per heavy atom. The Bertz CT molecular complexity index is 1210. The quantitative estimate of drug-likeness (QED) is 0.236. The molecule has 0 aliphatic rings. The lowest BCUT2D eigenvalue weighted by Gasteiger charge is -2.14. The summed E-state index contributed by atoms with van der Waals surface area (Å²) in [5.41, 5.74) is 1.78. The Morgan fingerprint density at radius 3 is 2.18 bits per heavy atom. The first kappa shape index (κ1) is 23.8. The molecule has 3 aromatic carbocycles. The fraction of sp³-hybridized carbons (Fsp3) is 0.0800. The summed E-state index contributed by atoms with van der Waals surface area (Å²) in [5, 5.41) is 14.9. The lowest BCUT2D eigenvalue weighted by molar-refractivity contribution is -0.118. The number of ether oxygens (including phenoxy) is 2. The number of methoxy groups -OCH3 is 1. The summed E-state index contributed by atoms with van der Waals surface area (Å²) in [7, 11) is 1.48. The highest BCUT2D eigenvalue weighted by Crippen LogP contribution is 2.34. The molecule has 0 unspecified atom stereocenters. The number of nitrogens with one attached hydrogen (secondary N) is 2. The van der Waals surface area contributed by atoms with Gasteiger partial charge in [-0.1, -0.05) is 36.4 Å². The average molecular weight is 553 g/mol. The molecule has 0 aliphatic heterocycles. The van der Waals surface area contributed by atoms with Crippen molar-refractivity contribution in [2.75, 3.05) is 24.4 Å². The number of anilines is 2. The molecule has 0 saturated heterocycles. The maximum absolute atomic E-state index is 12.5. The number of rotatable bonds is 8. The van der Waals surface area contributed by atoms with Gasteiger partial charge in [0.25, 0.3) is 11.8 Å². The van der Waals surface area contributed by atoms with E-state index in [1.54, 1.807) is 48.5 Å². The summed E-state index contributed by atoms with van der Waals surface area (Å²) in [6.07, 6.45) is 1.47. The molecule has 0 heterocycles. The maximum Gasteiger partial charge on any atom is 0.266 e. The second-order valence-corrected chi connectivity index (χ2v) is 7.89. The van der Waals surface area contributed by atoms with Gasteiger partial charge in [-0.3, -0.25) is 9.59 Å². The minimum Gasteiger partial charge on any atom is -0.493 e. The van der Waals surface area contributed by atoms with E-state index in [2.05, 4.69) is 33.2 Å². The van der Waals surface area contributed by atoms with Gasteiger partial charge in [-0.05, 0) is 70.6 Å². The monoisotopic (exact) mass is 553 g/mol. The van der Waals surface area contributed by atoms with E-state index in [-0.39, 0.29) is 18.1 Å². The van der Waals surface area contributed by atoms with Gasteiger partial charge in [0, 0.05) is 11.4 Å². The van der Waals surface area contributed by atoms with Crippen LogP contribution in [-0.4, -0.2) is 25.5 Å². The van der Waals surface area contributed by atoms with Crippen molar-refractivity contribution in [2.45, 2.75) is 0 Å². The van der Waals surface area contributed by atoms with Crippen molar-refractivity contribution in [1.82, 2.24) is 0 Å². The fourth-order valence-corrected chi connectivity index (χ4v) is 3.64. The Balaban J connectivity index is 1.74. The van der Waals surface area contributed by atoms with Crippen molar-refractivity contribution in [3.05, 3.63) is 87.5 Å². The summed E-state index contributed by atoms with van der Waals surface area (Å²) in [6, 6.07) is 23.3. The molecule has 0 atom stereocenters. The number of carbonyl (C=O) groups excluding carboxylic acids is 2. The number of carbonyl (C=O) groups is 2. The zero-order chi connectivity index (χ0) is 23.6. The molecule has 33 heavy (non-hydrogen) atoms. The highest BCUT2D eigenvalue weighted by atomic mass is 127. The molecule has 0 bridgehead atoms. The summed E-state index contributed by atoms with van der Waals surface area (Å²) >= 11 is 2.05. The molecule has 8 heteroatoms. The van der Waals surface area contributed by atoms with Crippen LogP contribution in [0, 0.1) is 14.9 Å².